The third-order valence-electron chi connectivity index (χ3n) is 1.86. The summed E-state index contributed by atoms with van der Waals surface area (Å²) in [5.74, 6) is 0.959. The van der Waals surface area contributed by atoms with Crippen molar-refractivity contribution in [1.29, 1.82) is 0 Å². The van der Waals surface area contributed by atoms with Crippen LogP contribution in [0.1, 0.15) is 0 Å². The van der Waals surface area contributed by atoms with E-state index in [1.54, 1.807) is 6.07 Å². The molecular weight excluding hydrogens is 220 g/mol. The number of benzene rings is 1. The molecule has 0 aliphatic rings. The van der Waals surface area contributed by atoms with Crippen molar-refractivity contribution in [3.8, 4) is 17.2 Å². The van der Waals surface area contributed by atoms with Crippen LogP contribution in [0.5, 0.6) is 17.2 Å². The van der Waals surface area contributed by atoms with Crippen LogP contribution < -0.4 is 14.2 Å². The summed E-state index contributed by atoms with van der Waals surface area (Å²) >= 11 is -2.12. The zero-order valence-corrected chi connectivity index (χ0v) is 9.46. The number of hydrogen-bond acceptors (Lipinski definition) is 4. The van der Waals surface area contributed by atoms with Crippen LogP contribution in [0.15, 0.2) is 17.0 Å². The van der Waals surface area contributed by atoms with E-state index in [2.05, 4.69) is 0 Å². The van der Waals surface area contributed by atoms with Gasteiger partial charge in [-0.3, -0.25) is 0 Å². The van der Waals surface area contributed by atoms with Crippen molar-refractivity contribution in [2.24, 2.45) is 0 Å². The summed E-state index contributed by atoms with van der Waals surface area (Å²) in [6, 6.07) is 3.00. The molecular formula is C9H12O5S. The van der Waals surface area contributed by atoms with Crippen molar-refractivity contribution in [1.82, 2.24) is 0 Å². The highest BCUT2D eigenvalue weighted by atomic mass is 32.2. The molecule has 1 N–H and O–H groups in total. The van der Waals surface area contributed by atoms with E-state index < -0.39 is 11.1 Å². The van der Waals surface area contributed by atoms with E-state index >= 15 is 0 Å². The normalized spacial score (nSPS) is 12.0. The lowest BCUT2D eigenvalue weighted by Crippen LogP contribution is -1.99. The summed E-state index contributed by atoms with van der Waals surface area (Å²) in [6.45, 7) is 0. The molecule has 5 nitrogen and oxygen atoms in total. The van der Waals surface area contributed by atoms with E-state index in [0.717, 1.165) is 0 Å². The van der Waals surface area contributed by atoms with Crippen LogP contribution in [0.2, 0.25) is 0 Å². The Kier molecular flexibility index (Phi) is 3.93. The molecule has 0 spiro atoms. The second kappa shape index (κ2) is 4.99. The summed E-state index contributed by atoms with van der Waals surface area (Å²) < 4.78 is 35.1. The maximum atomic E-state index is 11.0. The molecule has 15 heavy (non-hydrogen) atoms. The van der Waals surface area contributed by atoms with Crippen molar-refractivity contribution in [2.75, 3.05) is 21.3 Å². The van der Waals surface area contributed by atoms with Gasteiger partial charge in [0.2, 0.25) is 5.75 Å². The highest BCUT2D eigenvalue weighted by Gasteiger charge is 2.18. The first kappa shape index (κ1) is 11.8. The second-order valence-electron chi connectivity index (χ2n) is 2.58. The first-order chi connectivity index (χ1) is 7.15. The first-order valence-corrected chi connectivity index (χ1v) is 5.16. The lowest BCUT2D eigenvalue weighted by molar-refractivity contribution is 0.318. The van der Waals surface area contributed by atoms with Gasteiger partial charge < -0.3 is 18.8 Å². The fraction of sp³-hybridized carbons (Fsp3) is 0.333. The topological polar surface area (TPSA) is 65.0 Å². The Labute approximate surface area is 90.2 Å². The van der Waals surface area contributed by atoms with E-state index in [1.807, 2.05) is 0 Å². The number of ether oxygens (including phenoxy) is 3. The summed E-state index contributed by atoms with van der Waals surface area (Å²) in [5.41, 5.74) is 0. The summed E-state index contributed by atoms with van der Waals surface area (Å²) in [7, 11) is 4.31. The fourth-order valence-corrected chi connectivity index (χ4v) is 1.73. The minimum absolute atomic E-state index is 0.148. The monoisotopic (exact) mass is 232 g/mol. The molecule has 0 saturated heterocycles. The maximum absolute atomic E-state index is 11.0. The van der Waals surface area contributed by atoms with Gasteiger partial charge in [0.05, 0.1) is 21.3 Å². The third kappa shape index (κ3) is 2.21. The van der Waals surface area contributed by atoms with Gasteiger partial charge in [-0.25, -0.2) is 4.21 Å². The summed E-state index contributed by atoms with van der Waals surface area (Å²) in [5, 5.41) is 0. The predicted octanol–water partition coefficient (Wildman–Crippen LogP) is 1.29. The van der Waals surface area contributed by atoms with Gasteiger partial charge in [-0.1, -0.05) is 0 Å². The molecule has 0 bridgehead atoms. The van der Waals surface area contributed by atoms with Gasteiger partial charge in [-0.2, -0.15) is 0 Å². The van der Waals surface area contributed by atoms with Crippen LogP contribution in [0.4, 0.5) is 0 Å². The number of rotatable bonds is 4. The molecule has 84 valence electrons. The standard InChI is InChI=1S/C9H12O5S/c1-12-6-4-5-7(15(10)11)9(14-3)8(6)13-2/h4-5H,1-3H3,(H,10,11). The van der Waals surface area contributed by atoms with Crippen LogP contribution >= 0.6 is 0 Å². The SMILES string of the molecule is COc1ccc(S(=O)O)c(OC)c1OC. The zero-order chi connectivity index (χ0) is 11.4. The Morgan fingerprint density at radius 3 is 2.07 bits per heavy atom. The van der Waals surface area contributed by atoms with Crippen LogP contribution in [0.3, 0.4) is 0 Å². The Morgan fingerprint density at radius 1 is 1.07 bits per heavy atom. The largest absolute Gasteiger partial charge is 0.493 e. The van der Waals surface area contributed by atoms with E-state index in [-0.39, 0.29) is 10.6 Å². The van der Waals surface area contributed by atoms with Gasteiger partial charge in [0.15, 0.2) is 22.6 Å². The average Bonchev–Trinajstić information content (AvgIpc) is 2.26. The highest BCUT2D eigenvalue weighted by molar-refractivity contribution is 7.79. The minimum atomic E-state index is -2.12. The lowest BCUT2D eigenvalue weighted by Gasteiger charge is -2.13. The van der Waals surface area contributed by atoms with Crippen molar-refractivity contribution < 1.29 is 23.0 Å². The van der Waals surface area contributed by atoms with Gasteiger partial charge in [0.25, 0.3) is 0 Å². The number of hydrogen-bond donors (Lipinski definition) is 1. The molecule has 0 heterocycles. The molecule has 1 aromatic rings. The molecule has 6 heteroatoms. The number of methoxy groups -OCH3 is 3. The van der Waals surface area contributed by atoms with Crippen LogP contribution in [-0.4, -0.2) is 30.1 Å². The molecule has 1 rings (SSSR count). The third-order valence-corrected chi connectivity index (χ3v) is 2.55. The molecule has 0 aromatic heterocycles. The van der Waals surface area contributed by atoms with E-state index in [0.29, 0.717) is 11.5 Å². The molecule has 1 atom stereocenters. The Balaban J connectivity index is 3.40. The second-order valence-corrected chi connectivity index (χ2v) is 3.52. The van der Waals surface area contributed by atoms with Crippen molar-refractivity contribution in [3.05, 3.63) is 12.1 Å². The molecule has 0 amide bonds. The Bertz CT molecular complexity index is 377. The fourth-order valence-electron chi connectivity index (χ4n) is 1.21. The van der Waals surface area contributed by atoms with Gasteiger partial charge >= 0.3 is 0 Å². The molecule has 1 unspecified atom stereocenters. The van der Waals surface area contributed by atoms with Gasteiger partial charge in [0, 0.05) is 0 Å². The van der Waals surface area contributed by atoms with E-state index in [9.17, 15) is 4.21 Å². The summed E-state index contributed by atoms with van der Waals surface area (Å²) in [6.07, 6.45) is 0. The minimum Gasteiger partial charge on any atom is -0.493 e. The smallest absolute Gasteiger partial charge is 0.204 e. The Hall–Kier alpha value is -1.27. The molecule has 0 saturated carbocycles. The quantitative estimate of drug-likeness (QED) is 0.792. The molecule has 0 aliphatic carbocycles. The van der Waals surface area contributed by atoms with Crippen LogP contribution in [0, 0.1) is 0 Å². The van der Waals surface area contributed by atoms with Gasteiger partial charge in [-0.05, 0) is 12.1 Å². The van der Waals surface area contributed by atoms with Crippen molar-refractivity contribution in [2.45, 2.75) is 4.90 Å². The first-order valence-electron chi connectivity index (χ1n) is 4.05. The Morgan fingerprint density at radius 2 is 1.67 bits per heavy atom. The highest BCUT2D eigenvalue weighted by Crippen LogP contribution is 2.40. The molecule has 0 aliphatic heterocycles. The zero-order valence-electron chi connectivity index (χ0n) is 8.64. The maximum Gasteiger partial charge on any atom is 0.204 e. The van der Waals surface area contributed by atoms with Crippen molar-refractivity contribution >= 4 is 11.1 Å². The van der Waals surface area contributed by atoms with Crippen molar-refractivity contribution in [3.63, 3.8) is 0 Å². The van der Waals surface area contributed by atoms with E-state index in [4.69, 9.17) is 18.8 Å². The van der Waals surface area contributed by atoms with Gasteiger partial charge in [0.1, 0.15) is 4.90 Å². The van der Waals surface area contributed by atoms with E-state index in [1.165, 1.54) is 27.4 Å². The average molecular weight is 232 g/mol. The molecule has 0 radical (unpaired) electrons. The summed E-state index contributed by atoms with van der Waals surface area (Å²) in [4.78, 5) is 0.148. The predicted molar refractivity (Wildman–Crippen MR) is 55.1 cm³/mol. The van der Waals surface area contributed by atoms with Gasteiger partial charge in [-0.15, -0.1) is 0 Å². The lowest BCUT2D eigenvalue weighted by atomic mass is 10.3. The van der Waals surface area contributed by atoms with Crippen LogP contribution in [0.25, 0.3) is 0 Å². The molecule has 0 fully saturated rings. The van der Waals surface area contributed by atoms with Crippen LogP contribution in [-0.2, 0) is 11.1 Å². The molecule has 1 aromatic carbocycles.